The van der Waals surface area contributed by atoms with Crippen LogP contribution in [-0.2, 0) is 9.59 Å². The second-order valence-corrected chi connectivity index (χ2v) is 4.94. The normalized spacial score (nSPS) is 10.5. The number of hydrazone groups is 1. The number of benzene rings is 1. The predicted molar refractivity (Wildman–Crippen MR) is 89.0 cm³/mol. The number of carbonyl (C=O) groups is 2. The minimum absolute atomic E-state index is 0.0715. The van der Waals surface area contributed by atoms with Gasteiger partial charge in [-0.25, -0.2) is 5.43 Å². The minimum Gasteiger partial charge on any atom is -0.326 e. The number of hydrogen-bond donors (Lipinski definition) is 2. The lowest BCUT2D eigenvalue weighted by molar-refractivity contribution is -0.124. The van der Waals surface area contributed by atoms with Crippen LogP contribution in [0.3, 0.4) is 0 Å². The van der Waals surface area contributed by atoms with Crippen LogP contribution in [0.15, 0.2) is 53.9 Å². The Bertz CT molecular complexity index is 699. The maximum absolute atomic E-state index is 11.8. The van der Waals surface area contributed by atoms with Gasteiger partial charge < -0.3 is 5.32 Å². The van der Waals surface area contributed by atoms with Gasteiger partial charge in [0.2, 0.25) is 11.8 Å². The molecule has 0 aliphatic carbocycles. The molecular formula is C17H18N4O2. The van der Waals surface area contributed by atoms with Crippen LogP contribution in [-0.4, -0.2) is 23.0 Å². The summed E-state index contributed by atoms with van der Waals surface area (Å²) in [5, 5.41) is 6.60. The Morgan fingerprint density at radius 3 is 2.65 bits per heavy atom. The quantitative estimate of drug-likeness (QED) is 0.634. The van der Waals surface area contributed by atoms with Crippen molar-refractivity contribution in [3.63, 3.8) is 0 Å². The molecule has 2 rings (SSSR count). The van der Waals surface area contributed by atoms with E-state index in [0.717, 1.165) is 16.8 Å². The highest BCUT2D eigenvalue weighted by atomic mass is 16.2. The van der Waals surface area contributed by atoms with E-state index in [9.17, 15) is 9.59 Å². The largest absolute Gasteiger partial charge is 0.326 e. The fourth-order valence-electron chi connectivity index (χ4n) is 1.84. The Kier molecular flexibility index (Phi) is 5.99. The van der Waals surface area contributed by atoms with Crippen molar-refractivity contribution >= 4 is 23.7 Å². The molecule has 0 saturated carbocycles. The third-order valence-corrected chi connectivity index (χ3v) is 3.09. The van der Waals surface area contributed by atoms with Crippen molar-refractivity contribution in [2.75, 3.05) is 5.32 Å². The number of rotatable bonds is 6. The van der Waals surface area contributed by atoms with E-state index in [-0.39, 0.29) is 24.7 Å². The molecule has 1 aromatic carbocycles. The number of aryl methyl sites for hydroxylation is 1. The van der Waals surface area contributed by atoms with Gasteiger partial charge >= 0.3 is 0 Å². The lowest BCUT2D eigenvalue weighted by atomic mass is 10.2. The van der Waals surface area contributed by atoms with Crippen molar-refractivity contribution < 1.29 is 9.59 Å². The molecule has 2 aromatic rings. The molecule has 0 unspecified atom stereocenters. The van der Waals surface area contributed by atoms with Crippen LogP contribution in [0.1, 0.15) is 24.0 Å². The Morgan fingerprint density at radius 1 is 1.13 bits per heavy atom. The van der Waals surface area contributed by atoms with Gasteiger partial charge in [0.15, 0.2) is 0 Å². The van der Waals surface area contributed by atoms with E-state index in [2.05, 4.69) is 20.8 Å². The first-order valence-electron chi connectivity index (χ1n) is 7.22. The van der Waals surface area contributed by atoms with Crippen LogP contribution in [0.4, 0.5) is 5.69 Å². The molecule has 118 valence electrons. The van der Waals surface area contributed by atoms with Gasteiger partial charge in [-0.05, 0) is 24.6 Å². The van der Waals surface area contributed by atoms with E-state index < -0.39 is 0 Å². The van der Waals surface area contributed by atoms with Crippen molar-refractivity contribution in [2.24, 2.45) is 5.10 Å². The molecule has 0 atom stereocenters. The molecular weight excluding hydrogens is 292 g/mol. The zero-order valence-corrected chi connectivity index (χ0v) is 12.8. The number of nitrogens with one attached hydrogen (secondary N) is 2. The molecule has 0 fully saturated rings. The number of aromatic nitrogens is 1. The van der Waals surface area contributed by atoms with Crippen LogP contribution in [0, 0.1) is 6.92 Å². The number of amides is 2. The monoisotopic (exact) mass is 310 g/mol. The first-order valence-corrected chi connectivity index (χ1v) is 7.22. The highest BCUT2D eigenvalue weighted by Crippen LogP contribution is 2.13. The summed E-state index contributed by atoms with van der Waals surface area (Å²) >= 11 is 0. The molecule has 0 saturated heterocycles. The topological polar surface area (TPSA) is 83.5 Å². The number of carbonyl (C=O) groups excluding carboxylic acids is 2. The van der Waals surface area contributed by atoms with Crippen LogP contribution in [0.2, 0.25) is 0 Å². The van der Waals surface area contributed by atoms with Crippen LogP contribution in [0.25, 0.3) is 0 Å². The van der Waals surface area contributed by atoms with Crippen molar-refractivity contribution in [3.05, 3.63) is 59.9 Å². The molecule has 6 heteroatoms. The van der Waals surface area contributed by atoms with Gasteiger partial charge in [0.1, 0.15) is 0 Å². The first-order chi connectivity index (χ1) is 11.1. The van der Waals surface area contributed by atoms with E-state index in [1.54, 1.807) is 18.5 Å². The average Bonchev–Trinajstić information content (AvgIpc) is 2.56. The SMILES string of the molecule is Cc1ccccc1NC(=O)CCC(=O)N/N=C\c1cccnc1. The molecule has 0 spiro atoms. The second kappa shape index (κ2) is 8.43. The Labute approximate surface area is 134 Å². The summed E-state index contributed by atoms with van der Waals surface area (Å²) in [4.78, 5) is 27.4. The molecule has 0 radical (unpaired) electrons. The summed E-state index contributed by atoms with van der Waals surface area (Å²) in [5.41, 5.74) is 4.90. The molecule has 6 nitrogen and oxygen atoms in total. The zero-order chi connectivity index (χ0) is 16.5. The molecule has 0 aliphatic heterocycles. The van der Waals surface area contributed by atoms with Gasteiger partial charge in [0, 0.05) is 36.5 Å². The summed E-state index contributed by atoms with van der Waals surface area (Å²) in [6.45, 7) is 1.91. The van der Waals surface area contributed by atoms with Crippen LogP contribution in [0.5, 0.6) is 0 Å². The Hall–Kier alpha value is -3.02. The summed E-state index contributed by atoms with van der Waals surface area (Å²) in [5.74, 6) is -0.518. The van der Waals surface area contributed by atoms with Crippen LogP contribution < -0.4 is 10.7 Å². The molecule has 2 N–H and O–H groups in total. The van der Waals surface area contributed by atoms with E-state index in [0.29, 0.717) is 0 Å². The van der Waals surface area contributed by atoms with E-state index in [1.807, 2.05) is 37.3 Å². The third kappa shape index (κ3) is 5.70. The van der Waals surface area contributed by atoms with Gasteiger partial charge in [-0.15, -0.1) is 0 Å². The smallest absolute Gasteiger partial charge is 0.240 e. The Balaban J connectivity index is 1.73. The summed E-state index contributed by atoms with van der Waals surface area (Å²) in [6, 6.07) is 11.1. The zero-order valence-electron chi connectivity index (χ0n) is 12.8. The molecule has 0 bridgehead atoms. The maximum atomic E-state index is 11.8. The van der Waals surface area contributed by atoms with Gasteiger partial charge in [0.25, 0.3) is 0 Å². The summed E-state index contributed by atoms with van der Waals surface area (Å²) in [6.07, 6.45) is 4.96. The van der Waals surface area contributed by atoms with Crippen molar-refractivity contribution in [2.45, 2.75) is 19.8 Å². The first kappa shape index (κ1) is 16.4. The van der Waals surface area contributed by atoms with Crippen molar-refractivity contribution in [1.29, 1.82) is 0 Å². The van der Waals surface area contributed by atoms with Crippen molar-refractivity contribution in [1.82, 2.24) is 10.4 Å². The standard InChI is InChI=1S/C17H18N4O2/c1-13-5-2-3-7-15(13)20-16(22)8-9-17(23)21-19-12-14-6-4-10-18-11-14/h2-7,10-12H,8-9H2,1H3,(H,20,22)(H,21,23)/b19-12-. The van der Waals surface area contributed by atoms with Gasteiger partial charge in [0.05, 0.1) is 6.21 Å². The van der Waals surface area contributed by atoms with E-state index >= 15 is 0 Å². The lowest BCUT2D eigenvalue weighted by Crippen LogP contribution is -2.20. The lowest BCUT2D eigenvalue weighted by Gasteiger charge is -2.07. The predicted octanol–water partition coefficient (Wildman–Crippen LogP) is 2.26. The molecule has 0 aliphatic rings. The highest BCUT2D eigenvalue weighted by molar-refractivity contribution is 5.93. The minimum atomic E-state index is -0.315. The highest BCUT2D eigenvalue weighted by Gasteiger charge is 2.07. The molecule has 23 heavy (non-hydrogen) atoms. The Morgan fingerprint density at radius 2 is 1.91 bits per heavy atom. The second-order valence-electron chi connectivity index (χ2n) is 4.94. The number of hydrogen-bond acceptors (Lipinski definition) is 4. The van der Waals surface area contributed by atoms with E-state index in [4.69, 9.17) is 0 Å². The van der Waals surface area contributed by atoms with Gasteiger partial charge in [-0.1, -0.05) is 24.3 Å². The number of pyridine rings is 1. The molecule has 1 aromatic heterocycles. The fraction of sp³-hybridized carbons (Fsp3) is 0.176. The summed E-state index contributed by atoms with van der Waals surface area (Å²) < 4.78 is 0. The van der Waals surface area contributed by atoms with Crippen molar-refractivity contribution in [3.8, 4) is 0 Å². The fourth-order valence-corrected chi connectivity index (χ4v) is 1.84. The maximum Gasteiger partial charge on any atom is 0.240 e. The van der Waals surface area contributed by atoms with Crippen LogP contribution >= 0.6 is 0 Å². The van der Waals surface area contributed by atoms with Gasteiger partial charge in [-0.3, -0.25) is 14.6 Å². The number of anilines is 1. The molecule has 2 amide bonds. The summed E-state index contributed by atoms with van der Waals surface area (Å²) in [7, 11) is 0. The van der Waals surface area contributed by atoms with E-state index in [1.165, 1.54) is 6.21 Å². The number of para-hydroxylation sites is 1. The number of nitrogens with zero attached hydrogens (tertiary/aromatic N) is 2. The average molecular weight is 310 g/mol. The third-order valence-electron chi connectivity index (χ3n) is 3.09. The molecule has 1 heterocycles. The van der Waals surface area contributed by atoms with Gasteiger partial charge in [-0.2, -0.15) is 5.10 Å².